The normalized spacial score (nSPS) is 20.4. The van der Waals surface area contributed by atoms with Crippen LogP contribution in [-0.2, 0) is 5.60 Å². The van der Waals surface area contributed by atoms with Gasteiger partial charge in [-0.2, -0.15) is 5.10 Å². The molecule has 128 valence electrons. The maximum Gasteiger partial charge on any atom is 0.259 e. The molecule has 1 N–H and O–H groups in total. The van der Waals surface area contributed by atoms with E-state index in [1.807, 2.05) is 44.3 Å². The summed E-state index contributed by atoms with van der Waals surface area (Å²) in [5, 5.41) is 15.3. The number of nitrogens with zero attached hydrogens (tertiary/aromatic N) is 4. The van der Waals surface area contributed by atoms with Gasteiger partial charge in [-0.05, 0) is 37.0 Å². The molecule has 2 aromatic heterocycles. The first-order chi connectivity index (χ1) is 12.0. The van der Waals surface area contributed by atoms with E-state index >= 15 is 0 Å². The van der Waals surface area contributed by atoms with Crippen LogP contribution in [0.5, 0.6) is 0 Å². The lowest BCUT2D eigenvalue weighted by Gasteiger charge is -2.25. The van der Waals surface area contributed by atoms with Crippen LogP contribution in [0.3, 0.4) is 0 Å². The molecule has 6 heteroatoms. The van der Waals surface area contributed by atoms with Gasteiger partial charge in [0.05, 0.1) is 12.7 Å². The Morgan fingerprint density at radius 1 is 1.24 bits per heavy atom. The quantitative estimate of drug-likeness (QED) is 0.778. The molecule has 1 aliphatic rings. The number of amides is 1. The van der Waals surface area contributed by atoms with Gasteiger partial charge in [0.15, 0.2) is 5.65 Å². The van der Waals surface area contributed by atoms with Gasteiger partial charge < -0.3 is 10.0 Å². The van der Waals surface area contributed by atoms with Crippen molar-refractivity contribution in [2.75, 3.05) is 13.1 Å². The number of hydrogen-bond donors (Lipinski definition) is 1. The van der Waals surface area contributed by atoms with Crippen molar-refractivity contribution in [1.82, 2.24) is 19.5 Å². The smallest absolute Gasteiger partial charge is 0.259 e. The molecule has 1 fully saturated rings. The Morgan fingerprint density at radius 2 is 2.04 bits per heavy atom. The van der Waals surface area contributed by atoms with Gasteiger partial charge in [-0.25, -0.2) is 9.50 Å². The molecule has 0 spiro atoms. The fourth-order valence-electron chi connectivity index (χ4n) is 3.57. The number of aliphatic hydroxyl groups is 1. The van der Waals surface area contributed by atoms with Crippen LogP contribution in [0.25, 0.3) is 5.65 Å². The van der Waals surface area contributed by atoms with E-state index in [1.165, 1.54) is 0 Å². The molecule has 1 saturated heterocycles. The van der Waals surface area contributed by atoms with Gasteiger partial charge in [-0.3, -0.25) is 4.79 Å². The largest absolute Gasteiger partial charge is 0.383 e. The summed E-state index contributed by atoms with van der Waals surface area (Å²) in [7, 11) is 0. The molecule has 3 heterocycles. The minimum atomic E-state index is -1.01. The zero-order chi connectivity index (χ0) is 17.6. The molecule has 3 aromatic rings. The lowest BCUT2D eigenvalue weighted by molar-refractivity contribution is 0.0413. The van der Waals surface area contributed by atoms with Crippen molar-refractivity contribution < 1.29 is 9.90 Å². The van der Waals surface area contributed by atoms with Crippen molar-refractivity contribution in [1.29, 1.82) is 0 Å². The summed E-state index contributed by atoms with van der Waals surface area (Å²) >= 11 is 0. The molecule has 0 radical (unpaired) electrons. The third kappa shape index (κ3) is 2.59. The third-order valence-corrected chi connectivity index (χ3v) is 4.90. The number of hydrogen-bond acceptors (Lipinski definition) is 4. The molecule has 0 bridgehead atoms. The van der Waals surface area contributed by atoms with Crippen molar-refractivity contribution in [2.45, 2.75) is 25.9 Å². The van der Waals surface area contributed by atoms with Crippen LogP contribution in [0.2, 0.25) is 0 Å². The van der Waals surface area contributed by atoms with E-state index in [-0.39, 0.29) is 12.5 Å². The topological polar surface area (TPSA) is 70.7 Å². The predicted molar refractivity (Wildman–Crippen MR) is 93.3 cm³/mol. The van der Waals surface area contributed by atoms with Gasteiger partial charge in [0.2, 0.25) is 0 Å². The number of likely N-dealkylation sites (tertiary alicyclic amines) is 1. The molecular weight excluding hydrogens is 316 g/mol. The molecule has 25 heavy (non-hydrogen) atoms. The zero-order valence-electron chi connectivity index (χ0n) is 14.3. The van der Waals surface area contributed by atoms with Gasteiger partial charge in [0, 0.05) is 18.9 Å². The monoisotopic (exact) mass is 336 g/mol. The molecule has 1 unspecified atom stereocenters. The van der Waals surface area contributed by atoms with Crippen LogP contribution in [0, 0.1) is 13.8 Å². The average molecular weight is 336 g/mol. The first-order valence-electron chi connectivity index (χ1n) is 8.36. The summed E-state index contributed by atoms with van der Waals surface area (Å²) < 4.78 is 1.62. The van der Waals surface area contributed by atoms with Crippen molar-refractivity contribution in [3.8, 4) is 0 Å². The molecule has 0 saturated carbocycles. The molecule has 6 nitrogen and oxygen atoms in total. The Bertz CT molecular complexity index is 965. The fourth-order valence-corrected chi connectivity index (χ4v) is 3.57. The lowest BCUT2D eigenvalue weighted by atomic mass is 9.89. The van der Waals surface area contributed by atoms with Gasteiger partial charge in [-0.15, -0.1) is 0 Å². The van der Waals surface area contributed by atoms with Crippen LogP contribution in [0.15, 0.2) is 42.9 Å². The van der Waals surface area contributed by atoms with E-state index in [9.17, 15) is 9.90 Å². The number of fused-ring (bicyclic) bond motifs is 1. The van der Waals surface area contributed by atoms with Crippen LogP contribution >= 0.6 is 0 Å². The number of β-amino-alcohol motifs (C(OH)–C–C–N with tert-alkyl or cyclic N) is 1. The molecule has 1 atom stereocenters. The third-order valence-electron chi connectivity index (χ3n) is 4.90. The second-order valence-corrected chi connectivity index (χ2v) is 6.78. The molecular formula is C19H20N4O2. The first kappa shape index (κ1) is 15.8. The van der Waals surface area contributed by atoms with Crippen LogP contribution in [0.1, 0.15) is 33.5 Å². The number of carbonyl (C=O) groups is 1. The number of aryl methyl sites for hydroxylation is 2. The zero-order valence-corrected chi connectivity index (χ0v) is 14.3. The second-order valence-electron chi connectivity index (χ2n) is 6.78. The Balaban J connectivity index is 1.63. The minimum absolute atomic E-state index is 0.143. The highest BCUT2D eigenvalue weighted by atomic mass is 16.3. The highest BCUT2D eigenvalue weighted by molar-refractivity contribution is 5.99. The number of benzene rings is 1. The Kier molecular flexibility index (Phi) is 3.58. The Hall–Kier alpha value is -2.73. The summed E-state index contributed by atoms with van der Waals surface area (Å²) in [6.07, 6.45) is 5.64. The fraction of sp³-hybridized carbons (Fsp3) is 0.316. The maximum atomic E-state index is 12.9. The Labute approximate surface area is 145 Å². The van der Waals surface area contributed by atoms with Crippen molar-refractivity contribution in [3.05, 3.63) is 65.1 Å². The van der Waals surface area contributed by atoms with E-state index in [0.717, 1.165) is 16.7 Å². The maximum absolute atomic E-state index is 12.9. The summed E-state index contributed by atoms with van der Waals surface area (Å²) in [5.74, 6) is -0.143. The standard InChI is InChI=1S/C19H20N4O2/c1-13-9-20-17-15(10-21-23(17)11-13)18(24)22-8-7-19(25,12-22)16-6-4-3-5-14(16)2/h3-6,9-11,25H,7-8,12H2,1-2H3. The highest BCUT2D eigenvalue weighted by Gasteiger charge is 2.41. The summed E-state index contributed by atoms with van der Waals surface area (Å²) in [4.78, 5) is 19.0. The van der Waals surface area contributed by atoms with Gasteiger partial charge in [0.25, 0.3) is 5.91 Å². The number of rotatable bonds is 2. The van der Waals surface area contributed by atoms with E-state index in [0.29, 0.717) is 24.2 Å². The second kappa shape index (κ2) is 5.67. The number of aromatic nitrogens is 3. The van der Waals surface area contributed by atoms with Gasteiger partial charge >= 0.3 is 0 Å². The molecule has 4 rings (SSSR count). The average Bonchev–Trinajstić information content (AvgIpc) is 3.19. The molecule has 1 amide bonds. The summed E-state index contributed by atoms with van der Waals surface area (Å²) in [6.45, 7) is 4.69. The van der Waals surface area contributed by atoms with Crippen LogP contribution in [-0.4, -0.2) is 43.6 Å². The summed E-state index contributed by atoms with van der Waals surface area (Å²) in [6, 6.07) is 7.79. The molecule has 1 aliphatic heterocycles. The lowest BCUT2D eigenvalue weighted by Crippen LogP contribution is -2.34. The first-order valence-corrected chi connectivity index (χ1v) is 8.36. The minimum Gasteiger partial charge on any atom is -0.383 e. The van der Waals surface area contributed by atoms with E-state index in [2.05, 4.69) is 10.1 Å². The Morgan fingerprint density at radius 3 is 2.84 bits per heavy atom. The van der Waals surface area contributed by atoms with E-state index in [4.69, 9.17) is 0 Å². The van der Waals surface area contributed by atoms with Gasteiger partial charge in [0.1, 0.15) is 11.2 Å². The summed E-state index contributed by atoms with van der Waals surface area (Å²) in [5.41, 5.74) is 2.90. The van der Waals surface area contributed by atoms with Crippen molar-refractivity contribution in [2.24, 2.45) is 0 Å². The van der Waals surface area contributed by atoms with E-state index < -0.39 is 5.60 Å². The molecule has 0 aliphatic carbocycles. The van der Waals surface area contributed by atoms with Crippen LogP contribution in [0.4, 0.5) is 0 Å². The van der Waals surface area contributed by atoms with Crippen molar-refractivity contribution >= 4 is 11.6 Å². The predicted octanol–water partition coefficient (Wildman–Crippen LogP) is 2.08. The van der Waals surface area contributed by atoms with Crippen LogP contribution < -0.4 is 0 Å². The highest BCUT2D eigenvalue weighted by Crippen LogP contribution is 2.34. The number of carbonyl (C=O) groups excluding carboxylic acids is 1. The molecule has 1 aromatic carbocycles. The van der Waals surface area contributed by atoms with Gasteiger partial charge in [-0.1, -0.05) is 24.3 Å². The van der Waals surface area contributed by atoms with E-state index in [1.54, 1.807) is 21.8 Å². The van der Waals surface area contributed by atoms with Crippen molar-refractivity contribution in [3.63, 3.8) is 0 Å². The SMILES string of the molecule is Cc1cnc2c(C(=O)N3CCC(O)(c4ccccc4C)C3)cnn2c1.